The van der Waals surface area contributed by atoms with Gasteiger partial charge >= 0.3 is 0 Å². The summed E-state index contributed by atoms with van der Waals surface area (Å²) in [4.78, 5) is 4.74. The maximum atomic E-state index is 4.74. The van der Waals surface area contributed by atoms with Gasteiger partial charge < -0.3 is 0 Å². The molecule has 0 aliphatic heterocycles. The van der Waals surface area contributed by atoms with E-state index in [1.807, 2.05) is 6.20 Å². The number of nitrogens with zero attached hydrogens (tertiary/aromatic N) is 1. The maximum absolute atomic E-state index is 4.74. The van der Waals surface area contributed by atoms with E-state index in [4.69, 9.17) is 4.98 Å². The Labute approximate surface area is 223 Å². The summed E-state index contributed by atoms with van der Waals surface area (Å²) in [5.41, 5.74) is 7.59. The molecule has 1 nitrogen and oxygen atoms in total. The molecule has 182 valence electrons. The van der Waals surface area contributed by atoms with E-state index >= 15 is 0 Å². The van der Waals surface area contributed by atoms with Crippen LogP contribution in [0.15, 0.2) is 128 Å². The van der Waals surface area contributed by atoms with E-state index in [1.165, 1.54) is 60.1 Å². The van der Waals surface area contributed by atoms with Crippen LogP contribution < -0.4 is 0 Å². The summed E-state index contributed by atoms with van der Waals surface area (Å²) in [6, 6.07) is 37.6. The molecule has 0 N–H and O–H groups in total. The molecule has 1 atom stereocenters. The van der Waals surface area contributed by atoms with Crippen molar-refractivity contribution in [1.82, 2.24) is 4.98 Å². The molecule has 1 unspecified atom stereocenters. The van der Waals surface area contributed by atoms with E-state index in [0.717, 1.165) is 18.5 Å². The van der Waals surface area contributed by atoms with Gasteiger partial charge in [0.1, 0.15) is 0 Å². The molecule has 5 aromatic carbocycles. The van der Waals surface area contributed by atoms with Crippen LogP contribution in [0.25, 0.3) is 49.0 Å². The molecule has 0 saturated heterocycles. The van der Waals surface area contributed by atoms with Crippen molar-refractivity contribution in [2.45, 2.75) is 25.7 Å². The Balaban J connectivity index is 1.35. The fourth-order valence-corrected chi connectivity index (χ4v) is 6.07. The summed E-state index contributed by atoms with van der Waals surface area (Å²) in [6.45, 7) is 2.15. The van der Waals surface area contributed by atoms with Crippen LogP contribution in [0, 0.1) is 0 Å². The molecule has 1 aliphatic rings. The average Bonchev–Trinajstić information content (AvgIpc) is 3.00. The number of fused-ring (bicyclic) bond motifs is 3. The highest BCUT2D eigenvalue weighted by Crippen LogP contribution is 2.44. The number of benzene rings is 5. The standard InChI is InChI=1S/C37H29N/c1-2-31-22-21-30(24-38-31)37-34-13-7-5-11-32(34)36(33-12-6-8-14-35(33)37)27-18-15-26(16-19-27)29-20-17-25-9-3-4-10-28(25)23-29/h3-18,20-24,27H,2,19H2,1H3. The van der Waals surface area contributed by atoms with Crippen molar-refractivity contribution in [3.05, 3.63) is 144 Å². The molecule has 0 radical (unpaired) electrons. The Morgan fingerprint density at radius 2 is 1.34 bits per heavy atom. The highest BCUT2D eigenvalue weighted by molar-refractivity contribution is 6.15. The van der Waals surface area contributed by atoms with Gasteiger partial charge in [-0.25, -0.2) is 0 Å². The topological polar surface area (TPSA) is 12.9 Å². The third-order valence-electron chi connectivity index (χ3n) is 8.00. The Hall–Kier alpha value is -4.49. The van der Waals surface area contributed by atoms with Crippen LogP contribution >= 0.6 is 0 Å². The zero-order valence-electron chi connectivity index (χ0n) is 21.6. The third-order valence-corrected chi connectivity index (χ3v) is 8.00. The number of allylic oxidation sites excluding steroid dienone is 4. The van der Waals surface area contributed by atoms with E-state index in [2.05, 4.69) is 128 Å². The fraction of sp³-hybridized carbons (Fsp3) is 0.108. The molecule has 0 amide bonds. The minimum Gasteiger partial charge on any atom is -0.261 e. The van der Waals surface area contributed by atoms with Crippen molar-refractivity contribution >= 4 is 37.9 Å². The van der Waals surface area contributed by atoms with Gasteiger partial charge in [-0.1, -0.05) is 116 Å². The number of aromatic nitrogens is 1. The molecule has 1 heteroatoms. The molecular formula is C37H29N. The first-order valence-corrected chi connectivity index (χ1v) is 13.6. The lowest BCUT2D eigenvalue weighted by molar-refractivity contribution is 0.873. The zero-order valence-corrected chi connectivity index (χ0v) is 21.6. The first-order chi connectivity index (χ1) is 18.8. The number of hydrogen-bond donors (Lipinski definition) is 0. The molecule has 1 heterocycles. The van der Waals surface area contributed by atoms with Gasteiger partial charge in [-0.15, -0.1) is 0 Å². The summed E-state index contributed by atoms with van der Waals surface area (Å²) in [6.07, 6.45) is 11.1. The first-order valence-electron chi connectivity index (χ1n) is 13.6. The van der Waals surface area contributed by atoms with Crippen molar-refractivity contribution in [2.75, 3.05) is 0 Å². The summed E-state index contributed by atoms with van der Waals surface area (Å²) in [5, 5.41) is 7.83. The van der Waals surface area contributed by atoms with Crippen LogP contribution in [0.3, 0.4) is 0 Å². The molecule has 1 aliphatic carbocycles. The van der Waals surface area contributed by atoms with Gasteiger partial charge in [-0.05, 0) is 79.6 Å². The van der Waals surface area contributed by atoms with Gasteiger partial charge in [0.05, 0.1) is 0 Å². The van der Waals surface area contributed by atoms with Crippen LogP contribution in [0.4, 0.5) is 0 Å². The van der Waals surface area contributed by atoms with Crippen LogP contribution in [-0.2, 0) is 6.42 Å². The molecule has 0 fully saturated rings. The van der Waals surface area contributed by atoms with Crippen molar-refractivity contribution in [1.29, 1.82) is 0 Å². The Morgan fingerprint density at radius 1 is 0.684 bits per heavy atom. The van der Waals surface area contributed by atoms with Crippen molar-refractivity contribution in [3.8, 4) is 11.1 Å². The first kappa shape index (κ1) is 22.7. The molecule has 0 bridgehead atoms. The largest absolute Gasteiger partial charge is 0.261 e. The Bertz CT molecular complexity index is 1810. The van der Waals surface area contributed by atoms with Crippen molar-refractivity contribution in [3.63, 3.8) is 0 Å². The molecule has 7 rings (SSSR count). The van der Waals surface area contributed by atoms with Crippen LogP contribution in [-0.4, -0.2) is 4.98 Å². The van der Waals surface area contributed by atoms with Gasteiger partial charge in [0.15, 0.2) is 0 Å². The summed E-state index contributed by atoms with van der Waals surface area (Å²) >= 11 is 0. The highest BCUT2D eigenvalue weighted by Gasteiger charge is 2.21. The summed E-state index contributed by atoms with van der Waals surface area (Å²) in [7, 11) is 0. The van der Waals surface area contributed by atoms with Gasteiger partial charge in [0.25, 0.3) is 0 Å². The lowest BCUT2D eigenvalue weighted by Crippen LogP contribution is -2.02. The number of rotatable bonds is 4. The smallest absolute Gasteiger partial charge is 0.0401 e. The average molecular weight is 488 g/mol. The van der Waals surface area contributed by atoms with E-state index in [1.54, 1.807) is 0 Å². The monoisotopic (exact) mass is 487 g/mol. The van der Waals surface area contributed by atoms with E-state index < -0.39 is 0 Å². The Morgan fingerprint density at radius 3 is 1.97 bits per heavy atom. The molecule has 1 aromatic heterocycles. The predicted molar refractivity (Wildman–Crippen MR) is 162 cm³/mol. The Kier molecular flexibility index (Phi) is 5.63. The van der Waals surface area contributed by atoms with Gasteiger partial charge in [-0.2, -0.15) is 0 Å². The predicted octanol–water partition coefficient (Wildman–Crippen LogP) is 9.90. The maximum Gasteiger partial charge on any atom is 0.0401 e. The van der Waals surface area contributed by atoms with E-state index in [0.29, 0.717) is 5.92 Å². The van der Waals surface area contributed by atoms with Crippen molar-refractivity contribution in [2.24, 2.45) is 0 Å². The number of pyridine rings is 1. The molecule has 38 heavy (non-hydrogen) atoms. The lowest BCUT2D eigenvalue weighted by atomic mass is 9.80. The second-order valence-corrected chi connectivity index (χ2v) is 10.2. The van der Waals surface area contributed by atoms with Crippen LogP contribution in [0.5, 0.6) is 0 Å². The zero-order chi connectivity index (χ0) is 25.5. The third kappa shape index (κ3) is 3.83. The lowest BCUT2D eigenvalue weighted by Gasteiger charge is -2.23. The van der Waals surface area contributed by atoms with Gasteiger partial charge in [0, 0.05) is 23.4 Å². The molecular weight excluding hydrogens is 458 g/mol. The quantitative estimate of drug-likeness (QED) is 0.225. The van der Waals surface area contributed by atoms with Crippen LogP contribution in [0.1, 0.15) is 36.1 Å². The van der Waals surface area contributed by atoms with Gasteiger partial charge in [0.2, 0.25) is 0 Å². The van der Waals surface area contributed by atoms with E-state index in [-0.39, 0.29) is 0 Å². The molecule has 0 spiro atoms. The minimum atomic E-state index is 0.323. The fourth-order valence-electron chi connectivity index (χ4n) is 6.07. The second-order valence-electron chi connectivity index (χ2n) is 10.2. The number of hydrogen-bond acceptors (Lipinski definition) is 1. The molecule has 0 saturated carbocycles. The normalized spacial score (nSPS) is 15.3. The second kappa shape index (κ2) is 9.43. The van der Waals surface area contributed by atoms with Gasteiger partial charge in [-0.3, -0.25) is 4.98 Å². The highest BCUT2D eigenvalue weighted by atomic mass is 14.7. The van der Waals surface area contributed by atoms with E-state index in [9.17, 15) is 0 Å². The molecule has 6 aromatic rings. The summed E-state index contributed by atoms with van der Waals surface area (Å²) < 4.78 is 0. The van der Waals surface area contributed by atoms with Crippen molar-refractivity contribution < 1.29 is 0 Å². The summed E-state index contributed by atoms with van der Waals surface area (Å²) in [5.74, 6) is 0.323. The van der Waals surface area contributed by atoms with Crippen LogP contribution in [0.2, 0.25) is 0 Å². The minimum absolute atomic E-state index is 0.323. The number of aryl methyl sites for hydroxylation is 1. The SMILES string of the molecule is CCc1ccc(-c2c3ccccc3c(C3C=CC(c4ccc5ccccc5c4)=CC3)c3ccccc23)cn1.